The van der Waals surface area contributed by atoms with Crippen molar-refractivity contribution in [3.05, 3.63) is 50.5 Å². The maximum Gasteiger partial charge on any atom is 0.296 e. The van der Waals surface area contributed by atoms with Crippen LogP contribution in [0.25, 0.3) is 6.08 Å². The van der Waals surface area contributed by atoms with E-state index in [9.17, 15) is 20.2 Å². The first-order valence-corrected chi connectivity index (χ1v) is 9.18. The predicted octanol–water partition coefficient (Wildman–Crippen LogP) is 3.58. The molecule has 1 aliphatic heterocycles. The number of carbonyl (C=O) groups is 1. The molecule has 160 valence electrons. The summed E-state index contributed by atoms with van der Waals surface area (Å²) in [4.78, 5) is 23.4. The number of hydrogen-bond acceptors (Lipinski definition) is 8. The van der Waals surface area contributed by atoms with E-state index in [1.54, 1.807) is 6.07 Å². The number of nitriles is 1. The Morgan fingerprint density at radius 2 is 1.90 bits per heavy atom. The van der Waals surface area contributed by atoms with Gasteiger partial charge >= 0.3 is 0 Å². The lowest BCUT2D eigenvalue weighted by Gasteiger charge is -2.19. The minimum absolute atomic E-state index is 0.134. The van der Waals surface area contributed by atoms with Gasteiger partial charge in [0, 0.05) is 6.07 Å². The number of nitrogens with one attached hydrogen (secondary N) is 1. The van der Waals surface area contributed by atoms with E-state index in [1.807, 2.05) is 0 Å². The molecule has 0 unspecified atom stereocenters. The van der Waals surface area contributed by atoms with Crippen molar-refractivity contribution in [2.24, 2.45) is 0 Å². The molecule has 10 nitrogen and oxygen atoms in total. The van der Waals surface area contributed by atoms with Crippen molar-refractivity contribution in [2.45, 2.75) is 0 Å². The zero-order chi connectivity index (χ0) is 22.5. The van der Waals surface area contributed by atoms with Crippen LogP contribution in [0.2, 0.25) is 5.02 Å². The fourth-order valence-electron chi connectivity index (χ4n) is 2.86. The van der Waals surface area contributed by atoms with Gasteiger partial charge in [-0.25, -0.2) is 0 Å². The number of nitrogens with zero attached hydrogens (tertiary/aromatic N) is 2. The van der Waals surface area contributed by atoms with E-state index in [2.05, 4.69) is 5.32 Å². The standard InChI is InChI=1S/C20H16ClN3O7/c1-28-18-7-11(6-13(21)19(18)29-2)5-12(10-22)20(25)23-14-8-16-17(31-4-3-30-16)9-15(14)24(26)27/h5-9H,3-4H2,1-2H3,(H,23,25). The van der Waals surface area contributed by atoms with Crippen molar-refractivity contribution in [1.29, 1.82) is 5.26 Å². The Hall–Kier alpha value is -3.97. The van der Waals surface area contributed by atoms with Gasteiger partial charge < -0.3 is 24.3 Å². The van der Waals surface area contributed by atoms with Crippen LogP contribution in [0.1, 0.15) is 5.56 Å². The topological polar surface area (TPSA) is 133 Å². The Balaban J connectivity index is 1.95. The zero-order valence-corrected chi connectivity index (χ0v) is 17.2. The van der Waals surface area contributed by atoms with Gasteiger partial charge in [0.15, 0.2) is 23.0 Å². The van der Waals surface area contributed by atoms with Crippen molar-refractivity contribution in [2.75, 3.05) is 32.8 Å². The van der Waals surface area contributed by atoms with E-state index >= 15 is 0 Å². The molecule has 3 rings (SSSR count). The molecule has 2 aromatic rings. The van der Waals surface area contributed by atoms with Crippen molar-refractivity contribution in [3.63, 3.8) is 0 Å². The predicted molar refractivity (Wildman–Crippen MR) is 111 cm³/mol. The SMILES string of the molecule is COc1cc(C=C(C#N)C(=O)Nc2cc3c(cc2[N+](=O)[O-])OCCO3)cc(Cl)c1OC. The Kier molecular flexibility index (Phi) is 6.47. The first-order valence-electron chi connectivity index (χ1n) is 8.80. The maximum atomic E-state index is 12.7. The summed E-state index contributed by atoms with van der Waals surface area (Å²) in [6.45, 7) is 0.521. The van der Waals surface area contributed by atoms with Crippen LogP contribution in [-0.4, -0.2) is 38.3 Å². The summed E-state index contributed by atoms with van der Waals surface area (Å²) in [5, 5.41) is 23.5. The van der Waals surface area contributed by atoms with Gasteiger partial charge in [0.05, 0.1) is 30.2 Å². The minimum atomic E-state index is -0.854. The van der Waals surface area contributed by atoms with Gasteiger partial charge in [-0.1, -0.05) is 11.6 Å². The third-order valence-electron chi connectivity index (χ3n) is 4.24. The molecule has 0 bridgehead atoms. The van der Waals surface area contributed by atoms with Crippen molar-refractivity contribution in [3.8, 4) is 29.1 Å². The number of nitro benzene ring substituents is 1. The number of benzene rings is 2. The molecule has 0 aromatic heterocycles. The third-order valence-corrected chi connectivity index (χ3v) is 4.52. The number of anilines is 1. The Labute approximate surface area is 181 Å². The van der Waals surface area contributed by atoms with Crippen LogP contribution in [0.3, 0.4) is 0 Å². The van der Waals surface area contributed by atoms with E-state index in [1.165, 1.54) is 38.5 Å². The van der Waals surface area contributed by atoms with Crippen molar-refractivity contribution >= 4 is 35.0 Å². The van der Waals surface area contributed by atoms with E-state index in [0.717, 1.165) is 6.07 Å². The summed E-state index contributed by atoms with van der Waals surface area (Å²) >= 11 is 6.15. The summed E-state index contributed by atoms with van der Waals surface area (Å²) in [7, 11) is 2.84. The Morgan fingerprint density at radius 1 is 1.23 bits per heavy atom. The van der Waals surface area contributed by atoms with Gasteiger partial charge in [-0.3, -0.25) is 14.9 Å². The summed E-state index contributed by atoms with van der Waals surface area (Å²) in [6.07, 6.45) is 1.27. The Bertz CT molecular complexity index is 1120. The number of ether oxygens (including phenoxy) is 4. The Morgan fingerprint density at radius 3 is 2.48 bits per heavy atom. The van der Waals surface area contributed by atoms with Gasteiger partial charge in [-0.2, -0.15) is 5.26 Å². The van der Waals surface area contributed by atoms with Crippen LogP contribution in [0.4, 0.5) is 11.4 Å². The normalized spacial score (nSPS) is 12.5. The number of amides is 1. The smallest absolute Gasteiger partial charge is 0.296 e. The van der Waals surface area contributed by atoms with Crippen molar-refractivity contribution < 1.29 is 28.7 Å². The zero-order valence-electron chi connectivity index (χ0n) is 16.4. The number of nitro groups is 1. The van der Waals surface area contributed by atoms with Crippen LogP contribution in [0, 0.1) is 21.4 Å². The van der Waals surface area contributed by atoms with E-state index in [-0.39, 0.29) is 41.0 Å². The second-order valence-electron chi connectivity index (χ2n) is 6.13. The average molecular weight is 446 g/mol. The molecular weight excluding hydrogens is 430 g/mol. The third kappa shape index (κ3) is 4.62. The van der Waals surface area contributed by atoms with Crippen LogP contribution in [0.5, 0.6) is 23.0 Å². The van der Waals surface area contributed by atoms with Gasteiger partial charge in [0.25, 0.3) is 11.6 Å². The monoisotopic (exact) mass is 445 g/mol. The number of methoxy groups -OCH3 is 2. The van der Waals surface area contributed by atoms with Crippen molar-refractivity contribution in [1.82, 2.24) is 0 Å². The molecule has 0 fully saturated rings. The first-order chi connectivity index (χ1) is 14.9. The second kappa shape index (κ2) is 9.23. The fourth-order valence-corrected chi connectivity index (χ4v) is 3.15. The molecule has 1 heterocycles. The highest BCUT2D eigenvalue weighted by Crippen LogP contribution is 2.40. The molecule has 0 saturated carbocycles. The summed E-state index contributed by atoms with van der Waals surface area (Å²) in [6, 6.07) is 7.24. The quantitative estimate of drug-likeness (QED) is 0.308. The van der Waals surface area contributed by atoms with E-state index in [4.69, 9.17) is 30.5 Å². The lowest BCUT2D eigenvalue weighted by atomic mass is 10.1. The highest BCUT2D eigenvalue weighted by molar-refractivity contribution is 6.32. The molecule has 1 N–H and O–H groups in total. The van der Waals surface area contributed by atoms with Crippen LogP contribution in [-0.2, 0) is 4.79 Å². The van der Waals surface area contributed by atoms with Gasteiger partial charge in [0.1, 0.15) is 30.5 Å². The molecule has 1 amide bonds. The molecular formula is C20H16ClN3O7. The van der Waals surface area contributed by atoms with Gasteiger partial charge in [0.2, 0.25) is 0 Å². The minimum Gasteiger partial charge on any atom is -0.493 e. The molecule has 11 heteroatoms. The number of rotatable bonds is 6. The molecule has 1 aliphatic rings. The molecule has 31 heavy (non-hydrogen) atoms. The van der Waals surface area contributed by atoms with Crippen LogP contribution in [0.15, 0.2) is 29.8 Å². The number of halogens is 1. The largest absolute Gasteiger partial charge is 0.493 e. The van der Waals surface area contributed by atoms with Crippen LogP contribution < -0.4 is 24.3 Å². The highest BCUT2D eigenvalue weighted by Gasteiger charge is 2.24. The number of fused-ring (bicyclic) bond motifs is 1. The van der Waals surface area contributed by atoms with E-state index < -0.39 is 16.5 Å². The lowest BCUT2D eigenvalue weighted by Crippen LogP contribution is -2.18. The number of carbonyl (C=O) groups excluding carboxylic acids is 1. The molecule has 0 spiro atoms. The summed E-state index contributed by atoms with van der Waals surface area (Å²) in [5.74, 6) is 0.207. The molecule has 2 aromatic carbocycles. The highest BCUT2D eigenvalue weighted by atomic mass is 35.5. The van der Waals surface area contributed by atoms with Gasteiger partial charge in [-0.05, 0) is 23.8 Å². The van der Waals surface area contributed by atoms with Gasteiger partial charge in [-0.15, -0.1) is 0 Å². The number of hydrogen-bond donors (Lipinski definition) is 1. The average Bonchev–Trinajstić information content (AvgIpc) is 2.76. The maximum absolute atomic E-state index is 12.7. The molecule has 0 radical (unpaired) electrons. The molecule has 0 saturated heterocycles. The lowest BCUT2D eigenvalue weighted by molar-refractivity contribution is -0.384. The van der Waals surface area contributed by atoms with Crippen LogP contribution >= 0.6 is 11.6 Å². The second-order valence-corrected chi connectivity index (χ2v) is 6.54. The summed E-state index contributed by atoms with van der Waals surface area (Å²) < 4.78 is 21.1. The molecule has 0 atom stereocenters. The summed E-state index contributed by atoms with van der Waals surface area (Å²) in [5.41, 5.74) is -0.451. The van der Waals surface area contributed by atoms with E-state index in [0.29, 0.717) is 17.1 Å². The molecule has 0 aliphatic carbocycles. The first kappa shape index (κ1) is 21.7. The fraction of sp³-hybridized carbons (Fsp3) is 0.200.